The first kappa shape index (κ1) is 12.2. The summed E-state index contributed by atoms with van der Waals surface area (Å²) in [6.07, 6.45) is 0. The SMILES string of the molecule is CC(N)C(=O)Nc1cccc(-c2nnnn2C)c1. The van der Waals surface area contributed by atoms with Crippen molar-refractivity contribution in [2.75, 3.05) is 5.32 Å². The maximum absolute atomic E-state index is 11.5. The smallest absolute Gasteiger partial charge is 0.240 e. The number of rotatable bonds is 3. The number of carbonyl (C=O) groups is 1. The zero-order valence-corrected chi connectivity index (χ0v) is 10.2. The second-order valence-electron chi connectivity index (χ2n) is 3.98. The van der Waals surface area contributed by atoms with Crippen LogP contribution in [0.3, 0.4) is 0 Å². The van der Waals surface area contributed by atoms with Crippen LogP contribution in [0.5, 0.6) is 0 Å². The average Bonchev–Trinajstić information content (AvgIpc) is 2.75. The Labute approximate surface area is 104 Å². The van der Waals surface area contributed by atoms with E-state index in [4.69, 9.17) is 5.73 Å². The van der Waals surface area contributed by atoms with Crippen LogP contribution in [0.4, 0.5) is 5.69 Å². The summed E-state index contributed by atoms with van der Waals surface area (Å²) in [7, 11) is 1.75. The molecule has 3 N–H and O–H groups in total. The molecule has 2 rings (SSSR count). The molecule has 1 aromatic heterocycles. The van der Waals surface area contributed by atoms with E-state index in [2.05, 4.69) is 20.8 Å². The number of amides is 1. The summed E-state index contributed by atoms with van der Waals surface area (Å²) in [6.45, 7) is 1.63. The Kier molecular flexibility index (Phi) is 3.33. The molecule has 18 heavy (non-hydrogen) atoms. The van der Waals surface area contributed by atoms with Crippen molar-refractivity contribution in [1.29, 1.82) is 0 Å². The normalized spacial score (nSPS) is 12.2. The van der Waals surface area contributed by atoms with Gasteiger partial charge in [0.1, 0.15) is 0 Å². The molecule has 0 bridgehead atoms. The number of nitrogens with one attached hydrogen (secondary N) is 1. The number of anilines is 1. The zero-order valence-electron chi connectivity index (χ0n) is 10.2. The molecule has 1 aromatic carbocycles. The van der Waals surface area contributed by atoms with Crippen LogP contribution in [-0.4, -0.2) is 32.2 Å². The fraction of sp³-hybridized carbons (Fsp3) is 0.273. The minimum absolute atomic E-state index is 0.233. The number of nitrogens with two attached hydrogens (primary N) is 1. The van der Waals surface area contributed by atoms with Crippen LogP contribution in [0.25, 0.3) is 11.4 Å². The molecule has 0 aliphatic rings. The summed E-state index contributed by atoms with van der Waals surface area (Å²) >= 11 is 0. The predicted molar refractivity (Wildman–Crippen MR) is 66.5 cm³/mol. The van der Waals surface area contributed by atoms with Crippen molar-refractivity contribution in [3.8, 4) is 11.4 Å². The van der Waals surface area contributed by atoms with Gasteiger partial charge in [0.05, 0.1) is 6.04 Å². The molecule has 0 saturated carbocycles. The second-order valence-corrected chi connectivity index (χ2v) is 3.98. The fourth-order valence-corrected chi connectivity index (χ4v) is 1.47. The Morgan fingerprint density at radius 2 is 2.28 bits per heavy atom. The highest BCUT2D eigenvalue weighted by molar-refractivity contribution is 5.94. The van der Waals surface area contributed by atoms with Crippen molar-refractivity contribution in [1.82, 2.24) is 20.2 Å². The van der Waals surface area contributed by atoms with Gasteiger partial charge in [-0.05, 0) is 29.5 Å². The molecule has 0 radical (unpaired) electrons. The number of hydrogen-bond donors (Lipinski definition) is 2. The van der Waals surface area contributed by atoms with Gasteiger partial charge in [-0.15, -0.1) is 5.10 Å². The standard InChI is InChI=1S/C11H14N6O/c1-7(12)11(18)13-9-5-3-4-8(6-9)10-14-15-16-17(10)2/h3-7H,12H2,1-2H3,(H,13,18). The van der Waals surface area contributed by atoms with Crippen molar-refractivity contribution >= 4 is 11.6 Å². The van der Waals surface area contributed by atoms with Crippen LogP contribution >= 0.6 is 0 Å². The minimum atomic E-state index is -0.551. The monoisotopic (exact) mass is 246 g/mol. The van der Waals surface area contributed by atoms with Crippen LogP contribution < -0.4 is 11.1 Å². The summed E-state index contributed by atoms with van der Waals surface area (Å²) in [4.78, 5) is 11.5. The van der Waals surface area contributed by atoms with Crippen LogP contribution in [0.1, 0.15) is 6.92 Å². The lowest BCUT2D eigenvalue weighted by Gasteiger charge is -2.08. The number of hydrogen-bond acceptors (Lipinski definition) is 5. The minimum Gasteiger partial charge on any atom is -0.325 e. The molecule has 1 amide bonds. The van der Waals surface area contributed by atoms with E-state index in [0.717, 1.165) is 5.56 Å². The van der Waals surface area contributed by atoms with Crippen LogP contribution in [0.15, 0.2) is 24.3 Å². The van der Waals surface area contributed by atoms with Crippen molar-refractivity contribution < 1.29 is 4.79 Å². The molecule has 94 valence electrons. The first-order valence-corrected chi connectivity index (χ1v) is 5.47. The van der Waals surface area contributed by atoms with Gasteiger partial charge in [0.15, 0.2) is 5.82 Å². The van der Waals surface area contributed by atoms with Gasteiger partial charge in [-0.1, -0.05) is 12.1 Å². The van der Waals surface area contributed by atoms with E-state index in [0.29, 0.717) is 11.5 Å². The van der Waals surface area contributed by atoms with E-state index in [1.54, 1.807) is 30.8 Å². The third kappa shape index (κ3) is 2.51. The molecule has 0 fully saturated rings. The van der Waals surface area contributed by atoms with Gasteiger partial charge < -0.3 is 11.1 Å². The third-order valence-corrected chi connectivity index (χ3v) is 2.42. The summed E-state index contributed by atoms with van der Waals surface area (Å²) in [6, 6.07) is 6.72. The highest BCUT2D eigenvalue weighted by Gasteiger charge is 2.10. The van der Waals surface area contributed by atoms with E-state index in [1.165, 1.54) is 0 Å². The second kappa shape index (κ2) is 4.92. The molecule has 0 saturated heterocycles. The van der Waals surface area contributed by atoms with E-state index in [1.807, 2.05) is 12.1 Å². The Hall–Kier alpha value is -2.28. The summed E-state index contributed by atoms with van der Waals surface area (Å²) < 4.78 is 1.56. The number of benzene rings is 1. The summed E-state index contributed by atoms with van der Waals surface area (Å²) in [5.41, 5.74) is 6.98. The highest BCUT2D eigenvalue weighted by atomic mass is 16.2. The molecule has 0 aliphatic carbocycles. The van der Waals surface area contributed by atoms with E-state index in [-0.39, 0.29) is 5.91 Å². The molecule has 1 atom stereocenters. The van der Waals surface area contributed by atoms with Gasteiger partial charge >= 0.3 is 0 Å². The number of aromatic nitrogens is 4. The first-order valence-electron chi connectivity index (χ1n) is 5.47. The molecule has 7 nitrogen and oxygen atoms in total. The average molecular weight is 246 g/mol. The van der Waals surface area contributed by atoms with E-state index >= 15 is 0 Å². The Bertz CT molecular complexity index is 562. The summed E-state index contributed by atoms with van der Waals surface area (Å²) in [5.74, 6) is 0.398. The molecule has 0 spiro atoms. The summed E-state index contributed by atoms with van der Waals surface area (Å²) in [5, 5.41) is 14.0. The fourth-order valence-electron chi connectivity index (χ4n) is 1.47. The van der Waals surface area contributed by atoms with Crippen molar-refractivity contribution in [2.45, 2.75) is 13.0 Å². The Balaban J connectivity index is 2.26. The third-order valence-electron chi connectivity index (χ3n) is 2.42. The van der Waals surface area contributed by atoms with E-state index < -0.39 is 6.04 Å². The van der Waals surface area contributed by atoms with Gasteiger partial charge in [-0.2, -0.15) is 0 Å². The van der Waals surface area contributed by atoms with Gasteiger partial charge in [-0.3, -0.25) is 4.79 Å². The number of nitrogens with zero attached hydrogens (tertiary/aromatic N) is 4. The molecule has 7 heteroatoms. The molecule has 0 aliphatic heterocycles. The van der Waals surface area contributed by atoms with Gasteiger partial charge in [0, 0.05) is 18.3 Å². The Morgan fingerprint density at radius 1 is 1.50 bits per heavy atom. The van der Waals surface area contributed by atoms with Gasteiger partial charge in [-0.25, -0.2) is 4.68 Å². The Morgan fingerprint density at radius 3 is 2.89 bits per heavy atom. The lowest BCUT2D eigenvalue weighted by Crippen LogP contribution is -2.32. The molecular formula is C11H14N6O. The van der Waals surface area contributed by atoms with Crippen molar-refractivity contribution in [3.63, 3.8) is 0 Å². The van der Waals surface area contributed by atoms with Crippen molar-refractivity contribution in [3.05, 3.63) is 24.3 Å². The topological polar surface area (TPSA) is 98.7 Å². The first-order chi connectivity index (χ1) is 8.58. The van der Waals surface area contributed by atoms with Crippen LogP contribution in [0.2, 0.25) is 0 Å². The number of tetrazole rings is 1. The van der Waals surface area contributed by atoms with Crippen molar-refractivity contribution in [2.24, 2.45) is 12.8 Å². The zero-order chi connectivity index (χ0) is 13.1. The van der Waals surface area contributed by atoms with Crippen LogP contribution in [-0.2, 0) is 11.8 Å². The largest absolute Gasteiger partial charge is 0.325 e. The quantitative estimate of drug-likeness (QED) is 0.804. The number of carbonyl (C=O) groups excluding carboxylic acids is 1. The van der Waals surface area contributed by atoms with E-state index in [9.17, 15) is 4.79 Å². The lowest BCUT2D eigenvalue weighted by atomic mass is 10.2. The van der Waals surface area contributed by atoms with Gasteiger partial charge in [0.25, 0.3) is 0 Å². The lowest BCUT2D eigenvalue weighted by molar-refractivity contribution is -0.117. The maximum Gasteiger partial charge on any atom is 0.240 e. The van der Waals surface area contributed by atoms with Gasteiger partial charge in [0.2, 0.25) is 5.91 Å². The molecule has 2 aromatic rings. The highest BCUT2D eigenvalue weighted by Crippen LogP contribution is 2.19. The number of aryl methyl sites for hydroxylation is 1. The molecule has 1 heterocycles. The molecule has 1 unspecified atom stereocenters. The maximum atomic E-state index is 11.5. The predicted octanol–water partition coefficient (Wildman–Crippen LogP) is 0.163. The molecular weight excluding hydrogens is 232 g/mol. The van der Waals surface area contributed by atoms with Crippen LogP contribution in [0, 0.1) is 0 Å².